The Morgan fingerprint density at radius 2 is 1.52 bits per heavy atom. The van der Waals surface area contributed by atoms with E-state index in [1.807, 2.05) is 18.2 Å². The summed E-state index contributed by atoms with van der Waals surface area (Å²) in [6.45, 7) is 8.88. The van der Waals surface area contributed by atoms with Crippen molar-refractivity contribution >= 4 is 17.1 Å². The molecule has 0 bridgehead atoms. The summed E-state index contributed by atoms with van der Waals surface area (Å²) in [5, 5.41) is 6.56. The van der Waals surface area contributed by atoms with Crippen LogP contribution in [0.3, 0.4) is 0 Å². The highest BCUT2D eigenvalue weighted by Crippen LogP contribution is 2.23. The van der Waals surface area contributed by atoms with Crippen molar-refractivity contribution in [3.63, 3.8) is 0 Å². The van der Waals surface area contributed by atoms with Crippen molar-refractivity contribution in [1.29, 1.82) is 0 Å². The number of rotatable bonds is 6. The number of hydrogen-bond acceptors (Lipinski definition) is 7. The Hall–Kier alpha value is -2.38. The van der Waals surface area contributed by atoms with Crippen LogP contribution in [0, 0.1) is 0 Å². The first-order valence-corrected chi connectivity index (χ1v) is 9.79. The van der Waals surface area contributed by atoms with E-state index in [4.69, 9.17) is 0 Å². The lowest BCUT2D eigenvalue weighted by Crippen LogP contribution is -2.52. The second-order valence-corrected chi connectivity index (χ2v) is 7.21. The van der Waals surface area contributed by atoms with E-state index < -0.39 is 0 Å². The number of para-hydroxylation sites is 1. The van der Waals surface area contributed by atoms with Gasteiger partial charge < -0.3 is 20.4 Å². The largest absolute Gasteiger partial charge is 0.379 e. The molecular weight excluding hydrogens is 342 g/mol. The van der Waals surface area contributed by atoms with E-state index in [1.165, 1.54) is 5.69 Å². The molecule has 0 atom stereocenters. The van der Waals surface area contributed by atoms with Gasteiger partial charge in [0, 0.05) is 71.1 Å². The van der Waals surface area contributed by atoms with Gasteiger partial charge in [0.2, 0.25) is 0 Å². The van der Waals surface area contributed by atoms with Gasteiger partial charge in [-0.15, -0.1) is 0 Å². The van der Waals surface area contributed by atoms with E-state index in [9.17, 15) is 9.59 Å². The Morgan fingerprint density at radius 3 is 2.22 bits per heavy atom. The van der Waals surface area contributed by atoms with Gasteiger partial charge in [0.05, 0.1) is 0 Å². The standard InChI is InChI=1S/C20H27N5O2/c26-19-17(22-8-11-23-9-6-21-7-10-23)18(20(19)27)25-14-12-24(13-15-25)16-4-2-1-3-5-16/h1-5,21-22H,6-15H2. The van der Waals surface area contributed by atoms with E-state index >= 15 is 0 Å². The molecule has 2 aromatic carbocycles. The number of benzene rings is 1. The predicted molar refractivity (Wildman–Crippen MR) is 110 cm³/mol. The zero-order valence-electron chi connectivity index (χ0n) is 15.6. The summed E-state index contributed by atoms with van der Waals surface area (Å²) < 4.78 is 0. The van der Waals surface area contributed by atoms with Gasteiger partial charge in [-0.2, -0.15) is 0 Å². The highest BCUT2D eigenvalue weighted by molar-refractivity contribution is 5.75. The lowest BCUT2D eigenvalue weighted by Gasteiger charge is -2.38. The summed E-state index contributed by atoms with van der Waals surface area (Å²) in [4.78, 5) is 31.0. The van der Waals surface area contributed by atoms with Crippen molar-refractivity contribution in [3.05, 3.63) is 50.8 Å². The number of piperazine rings is 2. The van der Waals surface area contributed by atoms with Gasteiger partial charge in [-0.05, 0) is 12.1 Å². The Morgan fingerprint density at radius 1 is 0.852 bits per heavy atom. The lowest BCUT2D eigenvalue weighted by atomic mass is 10.1. The number of nitrogens with one attached hydrogen (secondary N) is 2. The molecular formula is C20H27N5O2. The molecule has 2 aliphatic rings. The molecule has 144 valence electrons. The summed E-state index contributed by atoms with van der Waals surface area (Å²) in [6.07, 6.45) is 0. The highest BCUT2D eigenvalue weighted by Gasteiger charge is 2.28. The molecule has 2 aliphatic heterocycles. The van der Waals surface area contributed by atoms with Crippen LogP contribution < -0.4 is 31.3 Å². The first-order chi connectivity index (χ1) is 13.2. The van der Waals surface area contributed by atoms with Crippen molar-refractivity contribution in [2.24, 2.45) is 0 Å². The fourth-order valence-corrected chi connectivity index (χ4v) is 3.95. The third kappa shape index (κ3) is 3.84. The van der Waals surface area contributed by atoms with E-state index in [0.717, 1.165) is 58.9 Å². The van der Waals surface area contributed by atoms with E-state index in [2.05, 4.69) is 37.5 Å². The molecule has 2 N–H and O–H groups in total. The summed E-state index contributed by atoms with van der Waals surface area (Å²) >= 11 is 0. The molecule has 0 unspecified atom stereocenters. The van der Waals surface area contributed by atoms with Gasteiger partial charge in [0.1, 0.15) is 11.4 Å². The Balaban J connectivity index is 1.34. The lowest BCUT2D eigenvalue weighted by molar-refractivity contribution is 0.249. The minimum atomic E-state index is -0.365. The third-order valence-corrected chi connectivity index (χ3v) is 5.54. The topological polar surface area (TPSA) is 67.9 Å². The smallest absolute Gasteiger partial charge is 0.253 e. The van der Waals surface area contributed by atoms with Gasteiger partial charge in [-0.25, -0.2) is 0 Å². The average molecular weight is 369 g/mol. The summed E-state index contributed by atoms with van der Waals surface area (Å²) in [6, 6.07) is 10.3. The van der Waals surface area contributed by atoms with Gasteiger partial charge in [-0.3, -0.25) is 14.5 Å². The molecule has 2 heterocycles. The van der Waals surface area contributed by atoms with Crippen molar-refractivity contribution in [2.75, 3.05) is 80.6 Å². The first-order valence-electron chi connectivity index (χ1n) is 9.79. The second-order valence-electron chi connectivity index (χ2n) is 7.21. The number of anilines is 3. The molecule has 4 rings (SSSR count). The first kappa shape index (κ1) is 18.0. The average Bonchev–Trinajstić information content (AvgIpc) is 2.74. The van der Waals surface area contributed by atoms with Crippen LogP contribution >= 0.6 is 0 Å². The maximum Gasteiger partial charge on any atom is 0.253 e. The van der Waals surface area contributed by atoms with Crippen LogP contribution in [0.2, 0.25) is 0 Å². The summed E-state index contributed by atoms with van der Waals surface area (Å²) in [5.41, 5.74) is 1.61. The minimum absolute atomic E-state index is 0.340. The Kier molecular flexibility index (Phi) is 5.40. The minimum Gasteiger partial charge on any atom is -0.379 e. The highest BCUT2D eigenvalue weighted by atomic mass is 16.2. The van der Waals surface area contributed by atoms with E-state index in [1.54, 1.807) is 0 Å². The molecule has 7 heteroatoms. The zero-order valence-corrected chi connectivity index (χ0v) is 15.6. The van der Waals surface area contributed by atoms with E-state index in [-0.39, 0.29) is 10.9 Å². The van der Waals surface area contributed by atoms with Crippen molar-refractivity contribution in [2.45, 2.75) is 0 Å². The van der Waals surface area contributed by atoms with Crippen LogP contribution in [0.4, 0.5) is 17.1 Å². The van der Waals surface area contributed by atoms with Gasteiger partial charge >= 0.3 is 0 Å². The van der Waals surface area contributed by atoms with Gasteiger partial charge in [-0.1, -0.05) is 18.2 Å². The second kappa shape index (κ2) is 8.10. The predicted octanol–water partition coefficient (Wildman–Crippen LogP) is -0.0737. The molecule has 2 saturated heterocycles. The summed E-state index contributed by atoms with van der Waals surface area (Å²) in [7, 11) is 0. The van der Waals surface area contributed by atoms with Crippen LogP contribution in [-0.2, 0) is 0 Å². The van der Waals surface area contributed by atoms with Gasteiger partial charge in [0.25, 0.3) is 10.9 Å². The molecule has 0 amide bonds. The molecule has 0 radical (unpaired) electrons. The zero-order chi connectivity index (χ0) is 18.6. The maximum absolute atomic E-state index is 12.2. The monoisotopic (exact) mass is 369 g/mol. The molecule has 0 aliphatic carbocycles. The number of nitrogens with zero attached hydrogens (tertiary/aromatic N) is 3. The van der Waals surface area contributed by atoms with Crippen LogP contribution in [-0.4, -0.2) is 70.3 Å². The molecule has 7 nitrogen and oxygen atoms in total. The normalized spacial score (nSPS) is 18.8. The fourth-order valence-electron chi connectivity index (χ4n) is 3.95. The van der Waals surface area contributed by atoms with Crippen LogP contribution in [0.25, 0.3) is 0 Å². The quantitative estimate of drug-likeness (QED) is 0.691. The molecule has 2 aromatic rings. The SMILES string of the molecule is O=c1c(NCCN2CCNCC2)c(N2CCN(c3ccccc3)CC2)c1=O. The molecule has 0 spiro atoms. The fraction of sp³-hybridized carbons (Fsp3) is 0.500. The molecule has 2 fully saturated rings. The van der Waals surface area contributed by atoms with Crippen LogP contribution in [0.5, 0.6) is 0 Å². The van der Waals surface area contributed by atoms with E-state index in [0.29, 0.717) is 17.9 Å². The molecule has 0 saturated carbocycles. The van der Waals surface area contributed by atoms with Crippen LogP contribution in [0.15, 0.2) is 39.9 Å². The maximum atomic E-state index is 12.2. The third-order valence-electron chi connectivity index (χ3n) is 5.54. The molecule has 0 aromatic heterocycles. The van der Waals surface area contributed by atoms with Crippen molar-refractivity contribution < 1.29 is 0 Å². The van der Waals surface area contributed by atoms with Crippen LogP contribution in [0.1, 0.15) is 0 Å². The molecule has 27 heavy (non-hydrogen) atoms. The van der Waals surface area contributed by atoms with Crippen molar-refractivity contribution in [1.82, 2.24) is 10.2 Å². The number of hydrogen-bond donors (Lipinski definition) is 2. The summed E-state index contributed by atoms with van der Waals surface area (Å²) in [5.74, 6) is 0. The van der Waals surface area contributed by atoms with Gasteiger partial charge in [0.15, 0.2) is 0 Å². The van der Waals surface area contributed by atoms with Crippen molar-refractivity contribution in [3.8, 4) is 0 Å². The Labute approximate surface area is 159 Å². The Bertz CT molecular complexity index is 817.